The fourth-order valence-electron chi connectivity index (χ4n) is 2.70. The van der Waals surface area contributed by atoms with E-state index in [1.807, 2.05) is 42.5 Å². The van der Waals surface area contributed by atoms with E-state index in [-0.39, 0.29) is 5.91 Å². The van der Waals surface area contributed by atoms with Gasteiger partial charge in [0.25, 0.3) is 5.91 Å². The Hall–Kier alpha value is -1.85. The van der Waals surface area contributed by atoms with Gasteiger partial charge in [-0.2, -0.15) is 0 Å². The Bertz CT molecular complexity index is 732. The number of hydrogen-bond acceptors (Lipinski definition) is 3. The number of rotatable bonds is 0. The average Bonchev–Trinajstić information content (AvgIpc) is 2.72. The molecule has 5 heteroatoms. The Morgan fingerprint density at radius 3 is 2.90 bits per heavy atom. The molecule has 1 atom stereocenters. The highest BCUT2D eigenvalue weighted by molar-refractivity contribution is 9.10. The highest BCUT2D eigenvalue weighted by Crippen LogP contribution is 2.44. The van der Waals surface area contributed by atoms with E-state index < -0.39 is 5.72 Å². The van der Waals surface area contributed by atoms with Gasteiger partial charge in [0.05, 0.1) is 6.61 Å². The molecule has 2 N–H and O–H groups in total. The second kappa shape index (κ2) is 4.07. The molecule has 2 aromatic rings. The zero-order valence-corrected chi connectivity index (χ0v) is 12.0. The van der Waals surface area contributed by atoms with Crippen LogP contribution in [0, 0.1) is 0 Å². The summed E-state index contributed by atoms with van der Waals surface area (Å²) < 4.78 is 6.82. The van der Waals surface area contributed by atoms with E-state index in [0.717, 1.165) is 27.0 Å². The summed E-state index contributed by atoms with van der Waals surface area (Å²) in [6, 6.07) is 13.5. The van der Waals surface area contributed by atoms with Gasteiger partial charge < -0.3 is 15.4 Å². The Balaban J connectivity index is 1.87. The molecule has 2 aromatic carbocycles. The first kappa shape index (κ1) is 11.9. The molecule has 0 fully saturated rings. The number of para-hydroxylation sites is 1. The van der Waals surface area contributed by atoms with E-state index >= 15 is 0 Å². The van der Waals surface area contributed by atoms with Crippen LogP contribution >= 0.6 is 15.9 Å². The fraction of sp³-hybridized carbons (Fsp3) is 0.133. The van der Waals surface area contributed by atoms with Crippen LogP contribution in [0.2, 0.25) is 0 Å². The molecule has 2 aliphatic rings. The second-order valence-corrected chi connectivity index (χ2v) is 5.81. The van der Waals surface area contributed by atoms with Crippen molar-refractivity contribution in [3.05, 3.63) is 58.1 Å². The van der Waals surface area contributed by atoms with Crippen LogP contribution in [0.4, 0.5) is 11.4 Å². The molecule has 0 radical (unpaired) electrons. The monoisotopic (exact) mass is 330 g/mol. The molecule has 100 valence electrons. The average molecular weight is 331 g/mol. The van der Waals surface area contributed by atoms with Gasteiger partial charge in [-0.1, -0.05) is 34.1 Å². The van der Waals surface area contributed by atoms with Crippen molar-refractivity contribution in [3.63, 3.8) is 0 Å². The minimum Gasteiger partial charge on any atom is -0.346 e. The highest BCUT2D eigenvalue weighted by Gasteiger charge is 2.50. The Labute approximate surface area is 124 Å². The number of carbonyl (C=O) groups excluding carboxylic acids is 1. The molecule has 0 saturated heterocycles. The van der Waals surface area contributed by atoms with Gasteiger partial charge in [0.15, 0.2) is 0 Å². The van der Waals surface area contributed by atoms with Crippen molar-refractivity contribution in [2.24, 2.45) is 0 Å². The maximum Gasteiger partial charge on any atom is 0.282 e. The van der Waals surface area contributed by atoms with Crippen molar-refractivity contribution in [1.29, 1.82) is 0 Å². The SMILES string of the molecule is O=C1Nc2ccc(Br)cc2C12Nc1ccccc1CO2. The summed E-state index contributed by atoms with van der Waals surface area (Å²) >= 11 is 3.44. The van der Waals surface area contributed by atoms with Gasteiger partial charge in [-0.15, -0.1) is 0 Å². The summed E-state index contributed by atoms with van der Waals surface area (Å²) in [4.78, 5) is 12.4. The summed E-state index contributed by atoms with van der Waals surface area (Å²) in [6.07, 6.45) is 0. The lowest BCUT2D eigenvalue weighted by Gasteiger charge is -2.35. The third-order valence-corrected chi connectivity index (χ3v) is 4.19. The number of anilines is 2. The lowest BCUT2D eigenvalue weighted by atomic mass is 10.0. The molecule has 1 unspecified atom stereocenters. The Kier molecular flexibility index (Phi) is 2.43. The molecule has 0 aliphatic carbocycles. The first-order valence-electron chi connectivity index (χ1n) is 6.30. The van der Waals surface area contributed by atoms with E-state index in [2.05, 4.69) is 26.6 Å². The number of carbonyl (C=O) groups is 1. The van der Waals surface area contributed by atoms with Crippen molar-refractivity contribution < 1.29 is 9.53 Å². The number of amides is 1. The topological polar surface area (TPSA) is 50.4 Å². The minimum absolute atomic E-state index is 0.180. The zero-order valence-electron chi connectivity index (χ0n) is 10.4. The van der Waals surface area contributed by atoms with Crippen LogP contribution in [0.1, 0.15) is 11.1 Å². The number of fused-ring (bicyclic) bond motifs is 3. The van der Waals surface area contributed by atoms with Crippen LogP contribution in [0.25, 0.3) is 0 Å². The molecule has 4 nitrogen and oxygen atoms in total. The number of benzene rings is 2. The summed E-state index contributed by atoms with van der Waals surface area (Å²) in [5, 5.41) is 6.12. The van der Waals surface area contributed by atoms with Crippen LogP contribution in [0.5, 0.6) is 0 Å². The lowest BCUT2D eigenvalue weighted by Crippen LogP contribution is -2.47. The minimum atomic E-state index is -1.13. The van der Waals surface area contributed by atoms with Crippen LogP contribution in [-0.4, -0.2) is 5.91 Å². The molecule has 1 spiro atoms. The van der Waals surface area contributed by atoms with Crippen LogP contribution in [-0.2, 0) is 21.9 Å². The quantitative estimate of drug-likeness (QED) is 0.779. The summed E-state index contributed by atoms with van der Waals surface area (Å²) in [7, 11) is 0. The van der Waals surface area contributed by atoms with Crippen molar-refractivity contribution in [2.45, 2.75) is 12.3 Å². The molecular formula is C15H11BrN2O2. The van der Waals surface area contributed by atoms with E-state index in [1.165, 1.54) is 0 Å². The number of nitrogens with one attached hydrogen (secondary N) is 2. The van der Waals surface area contributed by atoms with E-state index in [1.54, 1.807) is 0 Å². The molecule has 4 rings (SSSR count). The maximum atomic E-state index is 12.4. The largest absolute Gasteiger partial charge is 0.346 e. The Morgan fingerprint density at radius 1 is 1.15 bits per heavy atom. The smallest absolute Gasteiger partial charge is 0.282 e. The van der Waals surface area contributed by atoms with E-state index in [9.17, 15) is 4.79 Å². The van der Waals surface area contributed by atoms with Gasteiger partial charge in [0.2, 0.25) is 5.72 Å². The van der Waals surface area contributed by atoms with Gasteiger partial charge in [-0.3, -0.25) is 4.79 Å². The van der Waals surface area contributed by atoms with E-state index in [0.29, 0.717) is 6.61 Å². The number of halogens is 1. The molecular weight excluding hydrogens is 320 g/mol. The van der Waals surface area contributed by atoms with Crippen molar-refractivity contribution in [2.75, 3.05) is 10.6 Å². The molecule has 0 saturated carbocycles. The first-order chi connectivity index (χ1) is 9.69. The standard InChI is InChI=1S/C15H11BrN2O2/c16-10-5-6-13-11(7-10)15(14(19)17-13)18-12-4-2-1-3-9(12)8-20-15/h1-7,18H,8H2,(H,17,19). The van der Waals surface area contributed by atoms with Crippen molar-refractivity contribution >= 4 is 33.2 Å². The summed E-state index contributed by atoms with van der Waals surface area (Å²) in [6.45, 7) is 0.405. The third-order valence-electron chi connectivity index (χ3n) is 3.70. The summed E-state index contributed by atoms with van der Waals surface area (Å²) in [5.74, 6) is -0.180. The molecule has 1 amide bonds. The molecule has 0 aromatic heterocycles. The molecule has 0 bridgehead atoms. The predicted molar refractivity (Wildman–Crippen MR) is 79.3 cm³/mol. The van der Waals surface area contributed by atoms with Crippen LogP contribution in [0.15, 0.2) is 46.9 Å². The van der Waals surface area contributed by atoms with Gasteiger partial charge in [-0.25, -0.2) is 0 Å². The van der Waals surface area contributed by atoms with Crippen molar-refractivity contribution in [3.8, 4) is 0 Å². The van der Waals surface area contributed by atoms with Gasteiger partial charge in [0, 0.05) is 27.0 Å². The summed E-state index contributed by atoms with van der Waals surface area (Å²) in [5.41, 5.74) is 2.44. The molecule has 2 aliphatic heterocycles. The molecule has 2 heterocycles. The third kappa shape index (κ3) is 1.53. The number of hydrogen-bond donors (Lipinski definition) is 2. The van der Waals surface area contributed by atoms with Crippen LogP contribution in [0.3, 0.4) is 0 Å². The molecule has 20 heavy (non-hydrogen) atoms. The highest BCUT2D eigenvalue weighted by atomic mass is 79.9. The Morgan fingerprint density at radius 2 is 2.00 bits per heavy atom. The maximum absolute atomic E-state index is 12.4. The lowest BCUT2D eigenvalue weighted by molar-refractivity contribution is -0.140. The normalized spacial score (nSPS) is 22.9. The van der Waals surface area contributed by atoms with Crippen molar-refractivity contribution in [1.82, 2.24) is 0 Å². The first-order valence-corrected chi connectivity index (χ1v) is 7.10. The van der Waals surface area contributed by atoms with Gasteiger partial charge >= 0.3 is 0 Å². The fourth-order valence-corrected chi connectivity index (χ4v) is 3.06. The second-order valence-electron chi connectivity index (χ2n) is 4.90. The zero-order chi connectivity index (χ0) is 13.7. The van der Waals surface area contributed by atoms with Gasteiger partial charge in [0.1, 0.15) is 0 Å². The number of ether oxygens (including phenoxy) is 1. The van der Waals surface area contributed by atoms with E-state index in [4.69, 9.17) is 4.74 Å². The van der Waals surface area contributed by atoms with Gasteiger partial charge in [-0.05, 0) is 24.3 Å². The van der Waals surface area contributed by atoms with Crippen LogP contribution < -0.4 is 10.6 Å². The predicted octanol–water partition coefficient (Wildman–Crippen LogP) is 3.20.